The maximum Gasteiger partial charge on any atom is 0.115 e. The molecule has 0 fully saturated rings. The van der Waals surface area contributed by atoms with E-state index in [4.69, 9.17) is 5.11 Å². The number of phenols is 1. The normalized spacial score (nSPS) is 15.5. The number of aromatic hydroxyl groups is 1. The summed E-state index contributed by atoms with van der Waals surface area (Å²) in [5.41, 5.74) is 2.36. The Morgan fingerprint density at radius 2 is 1.93 bits per heavy atom. The van der Waals surface area contributed by atoms with Crippen LogP contribution in [0.4, 0.5) is 0 Å². The lowest BCUT2D eigenvalue weighted by atomic mass is 10.0. The zero-order chi connectivity index (χ0) is 9.97. The van der Waals surface area contributed by atoms with Crippen molar-refractivity contribution < 1.29 is 5.11 Å². The second-order valence-corrected chi connectivity index (χ2v) is 3.46. The van der Waals surface area contributed by atoms with Crippen molar-refractivity contribution in [1.29, 1.82) is 0 Å². The summed E-state index contributed by atoms with van der Waals surface area (Å²) >= 11 is 0. The number of hydrogen-bond donors (Lipinski definition) is 1. The topological polar surface area (TPSA) is 23.5 Å². The molecule has 1 heterocycles. The Hall–Kier alpha value is -1.70. The summed E-state index contributed by atoms with van der Waals surface area (Å²) < 4.78 is 0. The number of benzene rings is 1. The summed E-state index contributed by atoms with van der Waals surface area (Å²) in [4.78, 5) is 2.11. The van der Waals surface area contributed by atoms with Crippen molar-refractivity contribution in [2.75, 3.05) is 13.6 Å². The van der Waals surface area contributed by atoms with Gasteiger partial charge in [-0.15, -0.1) is 0 Å². The zero-order valence-electron chi connectivity index (χ0n) is 8.14. The number of phenolic OH excluding ortho intramolecular Hbond substituents is 1. The van der Waals surface area contributed by atoms with E-state index in [1.54, 1.807) is 12.1 Å². The molecule has 2 rings (SSSR count). The summed E-state index contributed by atoms with van der Waals surface area (Å²) in [6.07, 6.45) is 6.31. The fourth-order valence-electron chi connectivity index (χ4n) is 1.45. The third-order valence-corrected chi connectivity index (χ3v) is 2.31. The van der Waals surface area contributed by atoms with Crippen molar-refractivity contribution in [1.82, 2.24) is 4.90 Å². The number of rotatable bonds is 1. The van der Waals surface area contributed by atoms with Crippen molar-refractivity contribution in [3.63, 3.8) is 0 Å². The van der Waals surface area contributed by atoms with Crippen LogP contribution in [0.15, 0.2) is 42.6 Å². The first-order valence-corrected chi connectivity index (χ1v) is 4.64. The van der Waals surface area contributed by atoms with Crippen LogP contribution in [-0.2, 0) is 0 Å². The Kier molecular flexibility index (Phi) is 2.27. The van der Waals surface area contributed by atoms with Crippen molar-refractivity contribution in [3.8, 4) is 5.75 Å². The van der Waals surface area contributed by atoms with Gasteiger partial charge >= 0.3 is 0 Å². The average Bonchev–Trinajstić information content (AvgIpc) is 2.21. The van der Waals surface area contributed by atoms with Crippen molar-refractivity contribution in [2.24, 2.45) is 0 Å². The second kappa shape index (κ2) is 3.58. The Balaban J connectivity index is 2.24. The minimum Gasteiger partial charge on any atom is -0.508 e. The first kappa shape index (κ1) is 8.88. The molecule has 0 atom stereocenters. The maximum absolute atomic E-state index is 9.15. The molecular weight excluding hydrogens is 174 g/mol. The minimum atomic E-state index is 0.311. The maximum atomic E-state index is 9.15. The highest BCUT2D eigenvalue weighted by Crippen LogP contribution is 2.21. The summed E-state index contributed by atoms with van der Waals surface area (Å²) in [7, 11) is 2.04. The molecule has 0 spiro atoms. The predicted molar refractivity (Wildman–Crippen MR) is 57.9 cm³/mol. The van der Waals surface area contributed by atoms with Gasteiger partial charge < -0.3 is 10.0 Å². The number of hydrogen-bond acceptors (Lipinski definition) is 2. The fraction of sp³-hybridized carbons (Fsp3) is 0.167. The van der Waals surface area contributed by atoms with E-state index in [0.717, 1.165) is 12.1 Å². The SMILES string of the molecule is CN1C=CC(c2ccc(O)cc2)=CC1. The van der Waals surface area contributed by atoms with Gasteiger partial charge in [-0.05, 0) is 35.5 Å². The molecule has 0 radical (unpaired) electrons. The number of likely N-dealkylation sites (N-methyl/N-ethyl adjacent to an activating group) is 1. The third-order valence-electron chi connectivity index (χ3n) is 2.31. The van der Waals surface area contributed by atoms with Crippen LogP contribution in [-0.4, -0.2) is 23.6 Å². The van der Waals surface area contributed by atoms with Crippen LogP contribution in [0.1, 0.15) is 5.56 Å². The van der Waals surface area contributed by atoms with Crippen LogP contribution in [0.5, 0.6) is 5.75 Å². The highest BCUT2D eigenvalue weighted by Gasteiger charge is 2.02. The molecule has 1 aromatic carbocycles. The largest absolute Gasteiger partial charge is 0.508 e. The van der Waals surface area contributed by atoms with Crippen LogP contribution in [0.3, 0.4) is 0 Å². The van der Waals surface area contributed by atoms with Crippen LogP contribution >= 0.6 is 0 Å². The van der Waals surface area contributed by atoms with Gasteiger partial charge in [-0.2, -0.15) is 0 Å². The molecule has 1 aliphatic heterocycles. The molecule has 0 bridgehead atoms. The first-order chi connectivity index (χ1) is 6.75. The van der Waals surface area contributed by atoms with Crippen molar-refractivity contribution in [2.45, 2.75) is 0 Å². The quantitative estimate of drug-likeness (QED) is 0.728. The average molecular weight is 187 g/mol. The molecule has 0 aliphatic carbocycles. The van der Waals surface area contributed by atoms with E-state index in [1.165, 1.54) is 5.57 Å². The van der Waals surface area contributed by atoms with Crippen LogP contribution < -0.4 is 0 Å². The highest BCUT2D eigenvalue weighted by atomic mass is 16.3. The van der Waals surface area contributed by atoms with Crippen LogP contribution in [0.25, 0.3) is 5.57 Å². The van der Waals surface area contributed by atoms with Gasteiger partial charge in [0.2, 0.25) is 0 Å². The van der Waals surface area contributed by atoms with E-state index in [1.807, 2.05) is 19.2 Å². The van der Waals surface area contributed by atoms with E-state index >= 15 is 0 Å². The van der Waals surface area contributed by atoms with Crippen LogP contribution in [0.2, 0.25) is 0 Å². The van der Waals surface area contributed by atoms with Gasteiger partial charge in [0.15, 0.2) is 0 Å². The van der Waals surface area contributed by atoms with Crippen LogP contribution in [0, 0.1) is 0 Å². The Morgan fingerprint density at radius 1 is 1.21 bits per heavy atom. The van der Waals surface area contributed by atoms with Gasteiger partial charge in [0, 0.05) is 13.6 Å². The summed E-state index contributed by atoms with van der Waals surface area (Å²) in [5.74, 6) is 0.311. The summed E-state index contributed by atoms with van der Waals surface area (Å²) in [5, 5.41) is 9.15. The van der Waals surface area contributed by atoms with E-state index in [0.29, 0.717) is 5.75 Å². The molecule has 2 nitrogen and oxygen atoms in total. The zero-order valence-corrected chi connectivity index (χ0v) is 8.14. The van der Waals surface area contributed by atoms with Crippen molar-refractivity contribution in [3.05, 3.63) is 48.2 Å². The highest BCUT2D eigenvalue weighted by molar-refractivity contribution is 5.75. The summed E-state index contributed by atoms with van der Waals surface area (Å²) in [6, 6.07) is 7.28. The second-order valence-electron chi connectivity index (χ2n) is 3.46. The van der Waals surface area contributed by atoms with Gasteiger partial charge in [0.05, 0.1) is 0 Å². The Labute approximate surface area is 83.8 Å². The molecule has 0 saturated carbocycles. The predicted octanol–water partition coefficient (Wildman–Crippen LogP) is 2.23. The molecule has 0 unspecified atom stereocenters. The molecule has 0 saturated heterocycles. The Morgan fingerprint density at radius 3 is 2.50 bits per heavy atom. The van der Waals surface area contributed by atoms with E-state index < -0.39 is 0 Å². The lowest BCUT2D eigenvalue weighted by Crippen LogP contribution is -2.13. The number of allylic oxidation sites excluding steroid dienone is 2. The smallest absolute Gasteiger partial charge is 0.115 e. The lowest BCUT2D eigenvalue weighted by Gasteiger charge is -2.17. The standard InChI is InChI=1S/C12H13NO/c1-13-8-6-11(7-9-13)10-2-4-12(14)5-3-10/h2-8,14H,9H2,1H3. The summed E-state index contributed by atoms with van der Waals surface area (Å²) in [6.45, 7) is 0.937. The molecular formula is C12H13NO. The van der Waals surface area contributed by atoms with Crippen molar-refractivity contribution >= 4 is 5.57 Å². The molecule has 2 heteroatoms. The van der Waals surface area contributed by atoms with E-state index in [-0.39, 0.29) is 0 Å². The molecule has 14 heavy (non-hydrogen) atoms. The fourth-order valence-corrected chi connectivity index (χ4v) is 1.45. The van der Waals surface area contributed by atoms with Gasteiger partial charge in [-0.25, -0.2) is 0 Å². The lowest BCUT2D eigenvalue weighted by molar-refractivity contribution is 0.475. The van der Waals surface area contributed by atoms with Gasteiger partial charge in [-0.1, -0.05) is 18.2 Å². The molecule has 72 valence electrons. The van der Waals surface area contributed by atoms with E-state index in [9.17, 15) is 0 Å². The third kappa shape index (κ3) is 1.79. The molecule has 1 aromatic rings. The monoisotopic (exact) mass is 187 g/mol. The van der Waals surface area contributed by atoms with E-state index in [2.05, 4.69) is 23.3 Å². The first-order valence-electron chi connectivity index (χ1n) is 4.64. The molecule has 1 aliphatic rings. The molecule has 1 N–H and O–H groups in total. The Bertz CT molecular complexity index is 376. The van der Waals surface area contributed by atoms with Gasteiger partial charge in [-0.3, -0.25) is 0 Å². The minimum absolute atomic E-state index is 0.311. The molecule has 0 aromatic heterocycles. The van der Waals surface area contributed by atoms with Gasteiger partial charge in [0.1, 0.15) is 5.75 Å². The molecule has 0 amide bonds. The van der Waals surface area contributed by atoms with Gasteiger partial charge in [0.25, 0.3) is 0 Å². The number of nitrogens with zero attached hydrogens (tertiary/aromatic N) is 1.